The maximum atomic E-state index is 11.9. The number of nitrogens with two attached hydrogens (primary N) is 1. The van der Waals surface area contributed by atoms with Crippen LogP contribution in [0.25, 0.3) is 0 Å². The molecule has 0 radical (unpaired) electrons. The first-order valence-corrected chi connectivity index (χ1v) is 9.19. The number of hydrogen-bond donors (Lipinski definition) is 3. The minimum atomic E-state index is -0.272. The van der Waals surface area contributed by atoms with E-state index in [0.29, 0.717) is 31.5 Å². The summed E-state index contributed by atoms with van der Waals surface area (Å²) in [5.41, 5.74) is 6.74. The third kappa shape index (κ3) is 8.28. The SMILES string of the molecule is CCOC(=O)N1CCC(NC(N)=NCCC(=O)Nc2cccc(C)n2)CC1.I. The standard InChI is InChI=1S/C18H28N6O3.HI/c1-3-27-18(26)24-11-8-14(9-12-24)22-17(19)20-10-7-16(25)23-15-6-4-5-13(2)21-15;/h4-6,14H,3,7-12H2,1-2H3,(H3,19,20,22)(H,21,23,25);1H. The summed E-state index contributed by atoms with van der Waals surface area (Å²) in [6, 6.07) is 5.60. The number of aryl methyl sites for hydroxylation is 1. The number of carbonyl (C=O) groups excluding carboxylic acids is 2. The molecule has 28 heavy (non-hydrogen) atoms. The highest BCUT2D eigenvalue weighted by Crippen LogP contribution is 2.11. The summed E-state index contributed by atoms with van der Waals surface area (Å²) >= 11 is 0. The van der Waals surface area contributed by atoms with Crippen LogP contribution in [0.5, 0.6) is 0 Å². The third-order valence-corrected chi connectivity index (χ3v) is 4.15. The number of pyridine rings is 1. The van der Waals surface area contributed by atoms with E-state index in [9.17, 15) is 9.59 Å². The van der Waals surface area contributed by atoms with Crippen molar-refractivity contribution in [2.24, 2.45) is 10.7 Å². The minimum absolute atomic E-state index is 0. The zero-order chi connectivity index (χ0) is 19.6. The molecule has 0 atom stereocenters. The van der Waals surface area contributed by atoms with E-state index in [0.717, 1.165) is 18.5 Å². The van der Waals surface area contributed by atoms with E-state index in [1.807, 2.05) is 19.1 Å². The molecule has 1 aromatic rings. The molecule has 0 aliphatic carbocycles. The van der Waals surface area contributed by atoms with Crippen LogP contribution in [0.2, 0.25) is 0 Å². The van der Waals surface area contributed by atoms with Crippen molar-refractivity contribution in [3.05, 3.63) is 23.9 Å². The van der Waals surface area contributed by atoms with Gasteiger partial charge < -0.3 is 26.0 Å². The maximum Gasteiger partial charge on any atom is 0.409 e. The average molecular weight is 504 g/mol. The summed E-state index contributed by atoms with van der Waals surface area (Å²) in [4.78, 5) is 33.7. The van der Waals surface area contributed by atoms with Crippen molar-refractivity contribution in [2.45, 2.75) is 39.2 Å². The third-order valence-electron chi connectivity index (χ3n) is 4.15. The lowest BCUT2D eigenvalue weighted by atomic mass is 10.1. The largest absolute Gasteiger partial charge is 0.450 e. The lowest BCUT2D eigenvalue weighted by Crippen LogP contribution is -2.48. The molecule has 0 saturated carbocycles. The van der Waals surface area contributed by atoms with Gasteiger partial charge in [0.15, 0.2) is 5.96 Å². The Labute approximate surface area is 182 Å². The fourth-order valence-electron chi connectivity index (χ4n) is 2.77. The van der Waals surface area contributed by atoms with Gasteiger partial charge in [0, 0.05) is 31.2 Å². The number of nitrogens with one attached hydrogen (secondary N) is 2. The Balaban J connectivity index is 0.00000392. The number of piperidine rings is 1. The predicted molar refractivity (Wildman–Crippen MR) is 119 cm³/mol. The summed E-state index contributed by atoms with van der Waals surface area (Å²) < 4.78 is 5.00. The zero-order valence-electron chi connectivity index (χ0n) is 16.3. The second-order valence-electron chi connectivity index (χ2n) is 6.33. The van der Waals surface area contributed by atoms with Gasteiger partial charge in [-0.25, -0.2) is 9.78 Å². The Bertz CT molecular complexity index is 677. The van der Waals surface area contributed by atoms with Crippen molar-refractivity contribution in [1.29, 1.82) is 0 Å². The quantitative estimate of drug-likeness (QED) is 0.309. The van der Waals surface area contributed by atoms with Gasteiger partial charge in [0.2, 0.25) is 5.91 Å². The smallest absolute Gasteiger partial charge is 0.409 e. The first-order chi connectivity index (χ1) is 13.0. The summed E-state index contributed by atoms with van der Waals surface area (Å²) in [6.45, 7) is 5.57. The Morgan fingerprint density at radius 2 is 2.07 bits per heavy atom. The second kappa shape index (κ2) is 12.4. The fourth-order valence-corrected chi connectivity index (χ4v) is 2.77. The molecule has 2 rings (SSSR count). The molecule has 9 nitrogen and oxygen atoms in total. The molecule has 0 aromatic carbocycles. The van der Waals surface area contributed by atoms with E-state index < -0.39 is 0 Å². The van der Waals surface area contributed by atoms with Gasteiger partial charge in [-0.2, -0.15) is 0 Å². The number of anilines is 1. The van der Waals surface area contributed by atoms with Gasteiger partial charge >= 0.3 is 6.09 Å². The van der Waals surface area contributed by atoms with Gasteiger partial charge in [-0.05, 0) is 38.8 Å². The Hall–Kier alpha value is -2.11. The van der Waals surface area contributed by atoms with Gasteiger partial charge in [-0.1, -0.05) is 6.07 Å². The van der Waals surface area contributed by atoms with Crippen molar-refractivity contribution in [3.8, 4) is 0 Å². The van der Waals surface area contributed by atoms with Crippen LogP contribution < -0.4 is 16.4 Å². The minimum Gasteiger partial charge on any atom is -0.450 e. The molecule has 0 spiro atoms. The van der Waals surface area contributed by atoms with Crippen molar-refractivity contribution in [3.63, 3.8) is 0 Å². The summed E-state index contributed by atoms with van der Waals surface area (Å²) in [5, 5.41) is 5.88. The molecule has 10 heteroatoms. The molecule has 0 unspecified atom stereocenters. The second-order valence-corrected chi connectivity index (χ2v) is 6.33. The lowest BCUT2D eigenvalue weighted by Gasteiger charge is -2.31. The molecule has 1 aromatic heterocycles. The van der Waals surface area contributed by atoms with E-state index in [1.54, 1.807) is 17.9 Å². The topological polar surface area (TPSA) is 122 Å². The predicted octanol–water partition coefficient (Wildman–Crippen LogP) is 1.86. The van der Waals surface area contributed by atoms with E-state index in [-0.39, 0.29) is 55.0 Å². The molecule has 1 fully saturated rings. The molecular weight excluding hydrogens is 475 g/mol. The normalized spacial score (nSPS) is 14.8. The van der Waals surface area contributed by atoms with Crippen molar-refractivity contribution in [2.75, 3.05) is 31.6 Å². The van der Waals surface area contributed by atoms with E-state index >= 15 is 0 Å². The van der Waals surface area contributed by atoms with Crippen LogP contribution in [-0.4, -0.2) is 60.1 Å². The number of amides is 2. The van der Waals surface area contributed by atoms with Gasteiger partial charge in [-0.3, -0.25) is 9.79 Å². The van der Waals surface area contributed by atoms with Gasteiger partial charge in [0.1, 0.15) is 5.82 Å². The molecule has 1 saturated heterocycles. The van der Waals surface area contributed by atoms with Crippen molar-refractivity contribution in [1.82, 2.24) is 15.2 Å². The molecule has 4 N–H and O–H groups in total. The number of ether oxygens (including phenoxy) is 1. The van der Waals surface area contributed by atoms with Gasteiger partial charge in [-0.15, -0.1) is 24.0 Å². The Morgan fingerprint density at radius 1 is 1.36 bits per heavy atom. The highest BCUT2D eigenvalue weighted by atomic mass is 127. The first-order valence-electron chi connectivity index (χ1n) is 9.19. The molecule has 2 amide bonds. The average Bonchev–Trinajstić information content (AvgIpc) is 2.62. The highest BCUT2D eigenvalue weighted by molar-refractivity contribution is 14.0. The molecule has 156 valence electrons. The number of rotatable bonds is 6. The highest BCUT2D eigenvalue weighted by Gasteiger charge is 2.23. The van der Waals surface area contributed by atoms with Crippen LogP contribution >= 0.6 is 24.0 Å². The number of likely N-dealkylation sites (tertiary alicyclic amines) is 1. The van der Waals surface area contributed by atoms with Crippen LogP contribution in [0.1, 0.15) is 31.9 Å². The van der Waals surface area contributed by atoms with Gasteiger partial charge in [0.25, 0.3) is 0 Å². The number of hydrogen-bond acceptors (Lipinski definition) is 5. The fraction of sp³-hybridized carbons (Fsp3) is 0.556. The monoisotopic (exact) mass is 504 g/mol. The number of nitrogens with zero attached hydrogens (tertiary/aromatic N) is 3. The zero-order valence-corrected chi connectivity index (χ0v) is 18.6. The maximum absolute atomic E-state index is 11.9. The number of halogens is 1. The van der Waals surface area contributed by atoms with Crippen LogP contribution in [0, 0.1) is 6.92 Å². The molecular formula is C18H29IN6O3. The van der Waals surface area contributed by atoms with Crippen LogP contribution in [0.4, 0.5) is 10.6 Å². The molecule has 0 bridgehead atoms. The van der Waals surface area contributed by atoms with E-state index in [4.69, 9.17) is 10.5 Å². The summed E-state index contributed by atoms with van der Waals surface area (Å²) in [7, 11) is 0. The lowest BCUT2D eigenvalue weighted by molar-refractivity contribution is -0.116. The van der Waals surface area contributed by atoms with Crippen molar-refractivity contribution >= 4 is 47.8 Å². The van der Waals surface area contributed by atoms with E-state index in [1.165, 1.54) is 0 Å². The van der Waals surface area contributed by atoms with Crippen LogP contribution in [-0.2, 0) is 9.53 Å². The summed E-state index contributed by atoms with van der Waals surface area (Å²) in [6.07, 6.45) is 1.49. The first kappa shape index (κ1) is 23.9. The Morgan fingerprint density at radius 3 is 2.71 bits per heavy atom. The molecule has 1 aliphatic rings. The van der Waals surface area contributed by atoms with E-state index in [2.05, 4.69) is 20.6 Å². The molecule has 2 heterocycles. The van der Waals surface area contributed by atoms with Crippen LogP contribution in [0.15, 0.2) is 23.2 Å². The number of aliphatic imine (C=N–C) groups is 1. The van der Waals surface area contributed by atoms with Gasteiger partial charge in [0.05, 0.1) is 13.2 Å². The summed E-state index contributed by atoms with van der Waals surface area (Å²) in [5.74, 6) is 0.682. The Kier molecular flexibility index (Phi) is 10.6. The van der Waals surface area contributed by atoms with Crippen molar-refractivity contribution < 1.29 is 14.3 Å². The number of guanidine groups is 1. The molecule has 1 aliphatic heterocycles. The van der Waals surface area contributed by atoms with Crippen LogP contribution in [0.3, 0.4) is 0 Å². The number of carbonyl (C=O) groups is 2. The number of aromatic nitrogens is 1.